The van der Waals surface area contributed by atoms with Crippen LogP contribution in [-0.2, 0) is 4.79 Å². The largest absolute Gasteiger partial charge is 0.384 e. The van der Waals surface area contributed by atoms with Crippen LogP contribution in [-0.4, -0.2) is 22.7 Å². The van der Waals surface area contributed by atoms with Crippen LogP contribution in [0.1, 0.15) is 26.2 Å². The highest BCUT2D eigenvalue weighted by molar-refractivity contribution is 5.81. The van der Waals surface area contributed by atoms with Gasteiger partial charge in [-0.25, -0.2) is 0 Å². The van der Waals surface area contributed by atoms with Gasteiger partial charge in [0.2, 0.25) is 5.91 Å². The molecule has 4 heteroatoms. The van der Waals surface area contributed by atoms with Crippen LogP contribution in [0, 0.1) is 11.3 Å². The first-order chi connectivity index (χ1) is 5.59. The number of aliphatic hydroxyl groups is 1. The topological polar surface area (TPSA) is 73.1 Å². The third-order valence-electron chi connectivity index (χ3n) is 2.16. The quantitative estimate of drug-likeness (QED) is 0.606. The molecule has 1 aliphatic rings. The Bertz CT molecular complexity index is 226. The Balaban J connectivity index is 2.50. The summed E-state index contributed by atoms with van der Waals surface area (Å²) in [7, 11) is 0. The average Bonchev–Trinajstić information content (AvgIpc) is 1.96. The third kappa shape index (κ3) is 1.56. The van der Waals surface area contributed by atoms with Crippen molar-refractivity contribution in [2.75, 3.05) is 0 Å². The highest BCUT2D eigenvalue weighted by atomic mass is 16.3. The average molecular weight is 168 g/mol. The maximum Gasteiger partial charge on any atom is 0.249 e. The van der Waals surface area contributed by atoms with Crippen LogP contribution in [0.3, 0.4) is 0 Å². The minimum atomic E-state index is -1.03. The molecule has 1 amide bonds. The lowest BCUT2D eigenvalue weighted by Gasteiger charge is -2.36. The lowest BCUT2D eigenvalue weighted by Crippen LogP contribution is -2.54. The minimum absolute atomic E-state index is 0.462. The number of nitrogens with one attached hydrogen (secondary N) is 1. The highest BCUT2D eigenvalue weighted by Gasteiger charge is 2.39. The fourth-order valence-electron chi connectivity index (χ4n) is 1.14. The molecule has 0 bridgehead atoms. The summed E-state index contributed by atoms with van der Waals surface area (Å²) in [6.45, 7) is 1.39. The van der Waals surface area contributed by atoms with Gasteiger partial charge in [0, 0.05) is 0 Å². The lowest BCUT2D eigenvalue weighted by atomic mass is 9.78. The molecule has 1 atom stereocenters. The third-order valence-corrected chi connectivity index (χ3v) is 2.16. The second kappa shape index (κ2) is 3.11. The van der Waals surface area contributed by atoms with Gasteiger partial charge in [0.1, 0.15) is 11.6 Å². The summed E-state index contributed by atoms with van der Waals surface area (Å²) in [6.07, 6.45) is 1.33. The van der Waals surface area contributed by atoms with Crippen molar-refractivity contribution in [3.05, 3.63) is 0 Å². The molecule has 0 aliphatic heterocycles. The summed E-state index contributed by atoms with van der Waals surface area (Å²) in [4.78, 5) is 11.0. The van der Waals surface area contributed by atoms with Gasteiger partial charge in [0.05, 0.1) is 6.07 Å². The zero-order valence-corrected chi connectivity index (χ0v) is 7.00. The SMILES string of the molecule is C[C@H](O)C(=O)NC1(C#N)CCC1. The van der Waals surface area contributed by atoms with Crippen LogP contribution in [0.15, 0.2) is 0 Å². The monoisotopic (exact) mass is 168 g/mol. The zero-order valence-electron chi connectivity index (χ0n) is 7.00. The summed E-state index contributed by atoms with van der Waals surface area (Å²) in [5, 5.41) is 20.1. The molecule has 66 valence electrons. The van der Waals surface area contributed by atoms with E-state index in [2.05, 4.69) is 11.4 Å². The first-order valence-electron chi connectivity index (χ1n) is 4.01. The molecule has 1 rings (SSSR count). The maximum atomic E-state index is 11.0. The van der Waals surface area contributed by atoms with E-state index in [0.29, 0.717) is 12.8 Å². The van der Waals surface area contributed by atoms with Crippen LogP contribution in [0.2, 0.25) is 0 Å². The number of nitrogens with zero attached hydrogens (tertiary/aromatic N) is 1. The van der Waals surface area contributed by atoms with E-state index in [0.717, 1.165) is 6.42 Å². The van der Waals surface area contributed by atoms with Gasteiger partial charge < -0.3 is 10.4 Å². The van der Waals surface area contributed by atoms with Crippen molar-refractivity contribution in [3.8, 4) is 6.07 Å². The van der Waals surface area contributed by atoms with E-state index < -0.39 is 17.6 Å². The minimum Gasteiger partial charge on any atom is -0.384 e. The second-order valence-corrected chi connectivity index (χ2v) is 3.21. The van der Waals surface area contributed by atoms with Crippen molar-refractivity contribution in [1.29, 1.82) is 5.26 Å². The van der Waals surface area contributed by atoms with E-state index in [-0.39, 0.29) is 0 Å². The van der Waals surface area contributed by atoms with E-state index in [1.807, 2.05) is 0 Å². The van der Waals surface area contributed by atoms with Crippen LogP contribution in [0.5, 0.6) is 0 Å². The molecule has 2 N–H and O–H groups in total. The number of nitriles is 1. The van der Waals surface area contributed by atoms with Crippen molar-refractivity contribution in [2.24, 2.45) is 0 Å². The molecule has 0 saturated heterocycles. The standard InChI is InChI=1S/C8H12N2O2/c1-6(11)7(12)10-8(5-9)3-2-4-8/h6,11H,2-4H2,1H3,(H,10,12)/t6-/m0/s1. The van der Waals surface area contributed by atoms with Gasteiger partial charge in [-0.3, -0.25) is 4.79 Å². The Kier molecular flexibility index (Phi) is 2.34. The van der Waals surface area contributed by atoms with E-state index in [1.165, 1.54) is 6.92 Å². The molecule has 1 aliphatic carbocycles. The van der Waals surface area contributed by atoms with Crippen LogP contribution < -0.4 is 5.32 Å². The molecule has 0 unspecified atom stereocenters. The van der Waals surface area contributed by atoms with Gasteiger partial charge in [0.25, 0.3) is 0 Å². The Morgan fingerprint density at radius 1 is 1.75 bits per heavy atom. The van der Waals surface area contributed by atoms with E-state index in [1.54, 1.807) is 0 Å². The van der Waals surface area contributed by atoms with Gasteiger partial charge in [-0.1, -0.05) is 0 Å². The number of amides is 1. The lowest BCUT2D eigenvalue weighted by molar-refractivity contribution is -0.130. The van der Waals surface area contributed by atoms with Gasteiger partial charge in [-0.2, -0.15) is 5.26 Å². The molecular formula is C8H12N2O2. The normalized spacial score (nSPS) is 21.8. The zero-order chi connectivity index (χ0) is 9.19. The first kappa shape index (κ1) is 9.01. The first-order valence-corrected chi connectivity index (χ1v) is 4.01. The summed E-state index contributed by atoms with van der Waals surface area (Å²) >= 11 is 0. The van der Waals surface area contributed by atoms with Crippen molar-refractivity contribution < 1.29 is 9.90 Å². The summed E-state index contributed by atoms with van der Waals surface area (Å²) in [5.74, 6) is -0.462. The van der Waals surface area contributed by atoms with Crippen molar-refractivity contribution in [2.45, 2.75) is 37.8 Å². The summed E-state index contributed by atoms with van der Waals surface area (Å²) < 4.78 is 0. The molecule has 1 fully saturated rings. The molecule has 0 spiro atoms. The Hall–Kier alpha value is -1.08. The number of hydrogen-bond donors (Lipinski definition) is 2. The number of hydrogen-bond acceptors (Lipinski definition) is 3. The number of carbonyl (C=O) groups is 1. The molecule has 4 nitrogen and oxygen atoms in total. The Morgan fingerprint density at radius 3 is 2.58 bits per heavy atom. The van der Waals surface area contributed by atoms with Crippen LogP contribution >= 0.6 is 0 Å². The van der Waals surface area contributed by atoms with E-state index in [4.69, 9.17) is 10.4 Å². The van der Waals surface area contributed by atoms with Gasteiger partial charge >= 0.3 is 0 Å². The van der Waals surface area contributed by atoms with Crippen LogP contribution in [0.25, 0.3) is 0 Å². The Morgan fingerprint density at radius 2 is 2.33 bits per heavy atom. The van der Waals surface area contributed by atoms with Gasteiger partial charge in [-0.05, 0) is 26.2 Å². The molecule has 0 radical (unpaired) electrons. The van der Waals surface area contributed by atoms with Gasteiger partial charge in [0.15, 0.2) is 0 Å². The van der Waals surface area contributed by atoms with Crippen molar-refractivity contribution in [1.82, 2.24) is 5.32 Å². The van der Waals surface area contributed by atoms with Crippen LogP contribution in [0.4, 0.5) is 0 Å². The number of aliphatic hydroxyl groups excluding tert-OH is 1. The fraction of sp³-hybridized carbons (Fsp3) is 0.750. The van der Waals surface area contributed by atoms with Gasteiger partial charge in [-0.15, -0.1) is 0 Å². The maximum absolute atomic E-state index is 11.0. The van der Waals surface area contributed by atoms with Crippen molar-refractivity contribution >= 4 is 5.91 Å². The molecular weight excluding hydrogens is 156 g/mol. The highest BCUT2D eigenvalue weighted by Crippen LogP contribution is 2.30. The predicted octanol–water partition coefficient (Wildman–Crippen LogP) is -0.0703. The Labute approximate surface area is 71.2 Å². The molecule has 0 aromatic rings. The fourth-order valence-corrected chi connectivity index (χ4v) is 1.14. The molecule has 0 aromatic carbocycles. The molecule has 1 saturated carbocycles. The molecule has 0 aromatic heterocycles. The van der Waals surface area contributed by atoms with Crippen molar-refractivity contribution in [3.63, 3.8) is 0 Å². The smallest absolute Gasteiger partial charge is 0.249 e. The summed E-state index contributed by atoms with van der Waals surface area (Å²) in [5.41, 5.74) is -0.686. The van der Waals surface area contributed by atoms with E-state index in [9.17, 15) is 4.79 Å². The predicted molar refractivity (Wildman–Crippen MR) is 42.0 cm³/mol. The van der Waals surface area contributed by atoms with E-state index >= 15 is 0 Å². The molecule has 0 heterocycles. The summed E-state index contributed by atoms with van der Waals surface area (Å²) in [6, 6.07) is 2.06. The number of rotatable bonds is 2. The second-order valence-electron chi connectivity index (χ2n) is 3.21. The number of carbonyl (C=O) groups excluding carboxylic acids is 1. The molecule has 12 heavy (non-hydrogen) atoms.